The molecule has 0 radical (unpaired) electrons. The quantitative estimate of drug-likeness (QED) is 0.618. The lowest BCUT2D eigenvalue weighted by Gasteiger charge is -2.11. The molecule has 1 aromatic carbocycles. The van der Waals surface area contributed by atoms with E-state index in [2.05, 4.69) is 15.9 Å². The smallest absolute Gasteiger partial charge is 0.298 e. The van der Waals surface area contributed by atoms with Gasteiger partial charge in [-0.3, -0.25) is 4.79 Å². The first-order chi connectivity index (χ1) is 7.34. The van der Waals surface area contributed by atoms with Crippen LogP contribution in [0.2, 0.25) is 0 Å². The maximum Gasteiger partial charge on any atom is 0.416 e. The fourth-order valence-electron chi connectivity index (χ4n) is 1.24. The van der Waals surface area contributed by atoms with Crippen molar-refractivity contribution in [1.82, 2.24) is 0 Å². The second-order valence-corrected chi connectivity index (χ2v) is 3.71. The van der Waals surface area contributed by atoms with Crippen molar-refractivity contribution in [3.63, 3.8) is 0 Å². The monoisotopic (exact) mass is 298 g/mol. The van der Waals surface area contributed by atoms with Crippen LogP contribution in [-0.2, 0) is 17.4 Å². The van der Waals surface area contributed by atoms with Crippen LogP contribution >= 0.6 is 15.9 Å². The number of alkyl halides is 4. The van der Waals surface area contributed by atoms with E-state index in [9.17, 15) is 22.4 Å². The lowest BCUT2D eigenvalue weighted by atomic mass is 10.0. The number of carbonyl (C=O) groups is 1. The van der Waals surface area contributed by atoms with Crippen molar-refractivity contribution in [2.45, 2.75) is 12.6 Å². The Morgan fingerprint density at radius 1 is 1.31 bits per heavy atom. The van der Waals surface area contributed by atoms with Gasteiger partial charge in [0.15, 0.2) is 0 Å². The normalized spacial score (nSPS) is 11.6. The first-order valence-corrected chi connectivity index (χ1v) is 5.40. The van der Waals surface area contributed by atoms with Crippen molar-refractivity contribution in [1.29, 1.82) is 0 Å². The van der Waals surface area contributed by atoms with Crippen LogP contribution in [0.15, 0.2) is 18.2 Å². The number of hydrogen-bond acceptors (Lipinski definition) is 1. The fraction of sp³-hybridized carbons (Fsp3) is 0.300. The van der Waals surface area contributed by atoms with Crippen LogP contribution in [-0.4, -0.2) is 11.1 Å². The van der Waals surface area contributed by atoms with Gasteiger partial charge in [-0.1, -0.05) is 15.9 Å². The van der Waals surface area contributed by atoms with Crippen molar-refractivity contribution in [3.8, 4) is 0 Å². The van der Waals surface area contributed by atoms with Gasteiger partial charge in [0.25, 0.3) is 0 Å². The molecule has 0 heterocycles. The third kappa shape index (κ3) is 3.30. The molecule has 0 aromatic heterocycles. The zero-order chi connectivity index (χ0) is 12.3. The van der Waals surface area contributed by atoms with E-state index in [4.69, 9.17) is 0 Å². The van der Waals surface area contributed by atoms with E-state index in [0.29, 0.717) is 6.07 Å². The Morgan fingerprint density at radius 2 is 1.94 bits per heavy atom. The Kier molecular flexibility index (Phi) is 4.07. The average molecular weight is 299 g/mol. The van der Waals surface area contributed by atoms with Gasteiger partial charge in [0.1, 0.15) is 11.6 Å². The molecule has 88 valence electrons. The van der Waals surface area contributed by atoms with E-state index >= 15 is 0 Å². The molecule has 6 heteroatoms. The number of rotatable bonds is 3. The molecule has 0 saturated carbocycles. The van der Waals surface area contributed by atoms with Crippen LogP contribution in [0.3, 0.4) is 0 Å². The number of ketones is 1. The Labute approximate surface area is 97.6 Å². The molecule has 1 nitrogen and oxygen atoms in total. The highest BCUT2D eigenvalue weighted by molar-refractivity contribution is 9.09. The summed E-state index contributed by atoms with van der Waals surface area (Å²) >= 11 is 2.84. The van der Waals surface area contributed by atoms with E-state index in [0.717, 1.165) is 12.1 Å². The number of benzene rings is 1. The summed E-state index contributed by atoms with van der Waals surface area (Å²) in [5, 5.41) is -0.0548. The molecule has 0 aliphatic heterocycles. The van der Waals surface area contributed by atoms with Crippen molar-refractivity contribution < 1.29 is 22.4 Å². The van der Waals surface area contributed by atoms with Crippen molar-refractivity contribution in [2.75, 3.05) is 5.33 Å². The third-order valence-electron chi connectivity index (χ3n) is 1.91. The second-order valence-electron chi connectivity index (χ2n) is 3.15. The highest BCUT2D eigenvalue weighted by atomic mass is 79.9. The van der Waals surface area contributed by atoms with Gasteiger partial charge in [-0.25, -0.2) is 4.39 Å². The zero-order valence-corrected chi connectivity index (χ0v) is 9.53. The molecule has 0 bridgehead atoms. The molecule has 0 aliphatic rings. The molecule has 0 N–H and O–H groups in total. The standard InChI is InChI=1S/C10H7BrF4O/c11-5-8(16)4-6-3-7(12)1-2-9(6)10(13,14)15/h1-3H,4-5H2. The molecule has 0 aliphatic carbocycles. The Morgan fingerprint density at radius 3 is 2.44 bits per heavy atom. The van der Waals surface area contributed by atoms with Crippen LogP contribution < -0.4 is 0 Å². The van der Waals surface area contributed by atoms with Gasteiger partial charge in [-0.2, -0.15) is 13.2 Å². The van der Waals surface area contributed by atoms with Crippen LogP contribution in [0.25, 0.3) is 0 Å². The summed E-state index contributed by atoms with van der Waals surface area (Å²) in [5.41, 5.74) is -1.31. The molecule has 1 aromatic rings. The summed E-state index contributed by atoms with van der Waals surface area (Å²) in [4.78, 5) is 11.0. The summed E-state index contributed by atoms with van der Waals surface area (Å²) in [6.45, 7) is 0. The molecule has 0 spiro atoms. The molecule has 0 unspecified atom stereocenters. The van der Waals surface area contributed by atoms with Crippen LogP contribution in [0, 0.1) is 5.82 Å². The predicted molar refractivity (Wildman–Crippen MR) is 53.9 cm³/mol. The minimum atomic E-state index is -4.57. The third-order valence-corrected chi connectivity index (χ3v) is 2.53. The minimum absolute atomic E-state index is 0.0548. The van der Waals surface area contributed by atoms with Gasteiger partial charge in [0.2, 0.25) is 0 Å². The van der Waals surface area contributed by atoms with Crippen molar-refractivity contribution in [2.24, 2.45) is 0 Å². The lowest BCUT2D eigenvalue weighted by molar-refractivity contribution is -0.138. The number of Topliss-reactive ketones (excluding diaryl/α,β-unsaturated/α-hetero) is 1. The van der Waals surface area contributed by atoms with Gasteiger partial charge < -0.3 is 0 Å². The van der Waals surface area contributed by atoms with Crippen molar-refractivity contribution >= 4 is 21.7 Å². The van der Waals surface area contributed by atoms with Crippen molar-refractivity contribution in [3.05, 3.63) is 35.1 Å². The van der Waals surface area contributed by atoms with Crippen LogP contribution in [0.4, 0.5) is 17.6 Å². The summed E-state index contributed by atoms with van der Waals surface area (Å²) in [6, 6.07) is 2.11. The molecule has 0 fully saturated rings. The van der Waals surface area contributed by atoms with Gasteiger partial charge in [-0.05, 0) is 23.8 Å². The molecule has 0 amide bonds. The van der Waals surface area contributed by atoms with E-state index in [1.165, 1.54) is 0 Å². The molecular weight excluding hydrogens is 292 g/mol. The van der Waals surface area contributed by atoms with E-state index in [1.54, 1.807) is 0 Å². The summed E-state index contributed by atoms with van der Waals surface area (Å²) < 4.78 is 50.3. The lowest BCUT2D eigenvalue weighted by Crippen LogP contribution is -2.13. The fourth-order valence-corrected chi connectivity index (χ4v) is 1.44. The maximum atomic E-state index is 12.8. The SMILES string of the molecule is O=C(CBr)Cc1cc(F)ccc1C(F)(F)F. The maximum absolute atomic E-state index is 12.8. The molecule has 16 heavy (non-hydrogen) atoms. The highest BCUT2D eigenvalue weighted by Gasteiger charge is 2.33. The van der Waals surface area contributed by atoms with Gasteiger partial charge >= 0.3 is 6.18 Å². The van der Waals surface area contributed by atoms with E-state index < -0.39 is 29.8 Å². The Balaban J connectivity index is 3.13. The molecular formula is C10H7BrF4O. The Bertz CT molecular complexity index is 400. The van der Waals surface area contributed by atoms with Crippen LogP contribution in [0.1, 0.15) is 11.1 Å². The molecule has 1 rings (SSSR count). The Hall–Kier alpha value is -0.910. The molecule has 0 saturated heterocycles. The van der Waals surface area contributed by atoms with E-state index in [-0.39, 0.29) is 10.9 Å². The minimum Gasteiger partial charge on any atom is -0.298 e. The van der Waals surface area contributed by atoms with Gasteiger partial charge in [0, 0.05) is 6.42 Å². The average Bonchev–Trinajstić information content (AvgIpc) is 2.15. The molecule has 0 atom stereocenters. The number of hydrogen-bond donors (Lipinski definition) is 0. The topological polar surface area (TPSA) is 17.1 Å². The predicted octanol–water partition coefficient (Wildman–Crippen LogP) is 3.35. The summed E-state index contributed by atoms with van der Waals surface area (Å²) in [7, 11) is 0. The zero-order valence-electron chi connectivity index (χ0n) is 7.94. The van der Waals surface area contributed by atoms with E-state index in [1.807, 2.05) is 0 Å². The van der Waals surface area contributed by atoms with Gasteiger partial charge in [0.05, 0.1) is 10.9 Å². The highest BCUT2D eigenvalue weighted by Crippen LogP contribution is 2.32. The first kappa shape index (κ1) is 13.2. The van der Waals surface area contributed by atoms with Gasteiger partial charge in [-0.15, -0.1) is 0 Å². The summed E-state index contributed by atoms with van der Waals surface area (Å²) in [5.74, 6) is -1.22. The summed E-state index contributed by atoms with van der Waals surface area (Å²) in [6.07, 6.45) is -5.01. The van der Waals surface area contributed by atoms with Crippen LogP contribution in [0.5, 0.6) is 0 Å². The largest absolute Gasteiger partial charge is 0.416 e. The first-order valence-electron chi connectivity index (χ1n) is 4.28. The number of carbonyl (C=O) groups excluding carboxylic acids is 1. The number of halogens is 5. The second kappa shape index (κ2) is 4.95.